The zero-order chi connectivity index (χ0) is 15.4. The number of aryl methyl sites for hydroxylation is 1. The van der Waals surface area contributed by atoms with Crippen molar-refractivity contribution < 1.29 is 4.39 Å². The third-order valence-electron chi connectivity index (χ3n) is 4.99. The van der Waals surface area contributed by atoms with E-state index in [2.05, 4.69) is 18.7 Å². The Kier molecular flexibility index (Phi) is 5.77. The van der Waals surface area contributed by atoms with Crippen molar-refractivity contribution in [2.24, 2.45) is 17.6 Å². The van der Waals surface area contributed by atoms with E-state index >= 15 is 0 Å². The number of halogens is 1. The molecule has 2 atom stereocenters. The molecule has 2 nitrogen and oxygen atoms in total. The van der Waals surface area contributed by atoms with E-state index in [1.54, 1.807) is 13.0 Å². The predicted octanol–water partition coefficient (Wildman–Crippen LogP) is 3.89. The largest absolute Gasteiger partial charge is 0.329 e. The second-order valence-electron chi connectivity index (χ2n) is 6.73. The molecule has 1 aromatic rings. The van der Waals surface area contributed by atoms with Crippen molar-refractivity contribution in [1.29, 1.82) is 0 Å². The minimum Gasteiger partial charge on any atom is -0.329 e. The lowest BCUT2D eigenvalue weighted by atomic mass is 9.89. The van der Waals surface area contributed by atoms with E-state index in [1.807, 2.05) is 12.1 Å². The fourth-order valence-corrected chi connectivity index (χ4v) is 3.44. The molecule has 3 heteroatoms. The van der Waals surface area contributed by atoms with Crippen molar-refractivity contribution in [3.63, 3.8) is 0 Å². The van der Waals surface area contributed by atoms with Gasteiger partial charge in [-0.25, -0.2) is 4.39 Å². The fourth-order valence-electron chi connectivity index (χ4n) is 3.44. The molecule has 2 rings (SSSR count). The Morgan fingerprint density at radius 2 is 2.05 bits per heavy atom. The molecule has 1 aliphatic rings. The van der Waals surface area contributed by atoms with Gasteiger partial charge in [0.1, 0.15) is 5.82 Å². The van der Waals surface area contributed by atoms with E-state index in [4.69, 9.17) is 5.73 Å². The van der Waals surface area contributed by atoms with E-state index in [0.29, 0.717) is 12.1 Å². The molecule has 0 bridgehead atoms. The molecule has 1 heterocycles. The van der Waals surface area contributed by atoms with Gasteiger partial charge in [0.15, 0.2) is 0 Å². The summed E-state index contributed by atoms with van der Waals surface area (Å²) < 4.78 is 13.8. The van der Waals surface area contributed by atoms with Crippen LogP contribution in [-0.2, 0) is 0 Å². The lowest BCUT2D eigenvalue weighted by Gasteiger charge is -2.30. The minimum absolute atomic E-state index is 0.124. The molecule has 2 unspecified atom stereocenters. The molecular formula is C18H29FN2. The third kappa shape index (κ3) is 4.04. The highest BCUT2D eigenvalue weighted by Gasteiger charge is 2.25. The van der Waals surface area contributed by atoms with Gasteiger partial charge in [-0.3, -0.25) is 4.90 Å². The SMILES string of the molecule is Cc1ccc(C(CN)N2CCCC(C(C)C)CC2)cc1F. The summed E-state index contributed by atoms with van der Waals surface area (Å²) in [4.78, 5) is 2.45. The smallest absolute Gasteiger partial charge is 0.126 e. The number of nitrogens with zero attached hydrogens (tertiary/aromatic N) is 1. The Balaban J connectivity index is 2.11. The summed E-state index contributed by atoms with van der Waals surface area (Å²) >= 11 is 0. The third-order valence-corrected chi connectivity index (χ3v) is 4.99. The molecule has 0 spiro atoms. The van der Waals surface area contributed by atoms with Gasteiger partial charge in [0.05, 0.1) is 0 Å². The molecule has 1 fully saturated rings. The molecule has 0 amide bonds. The van der Waals surface area contributed by atoms with Crippen molar-refractivity contribution in [3.05, 3.63) is 35.1 Å². The number of hydrogen-bond donors (Lipinski definition) is 1. The van der Waals surface area contributed by atoms with Crippen molar-refractivity contribution in [1.82, 2.24) is 4.90 Å². The van der Waals surface area contributed by atoms with Crippen LogP contribution < -0.4 is 5.73 Å². The van der Waals surface area contributed by atoms with Crippen molar-refractivity contribution in [3.8, 4) is 0 Å². The van der Waals surface area contributed by atoms with Gasteiger partial charge < -0.3 is 5.73 Å². The van der Waals surface area contributed by atoms with Crippen LogP contribution in [-0.4, -0.2) is 24.5 Å². The van der Waals surface area contributed by atoms with Gasteiger partial charge in [-0.1, -0.05) is 26.0 Å². The second kappa shape index (κ2) is 7.37. The van der Waals surface area contributed by atoms with Crippen LogP contribution in [0.1, 0.15) is 50.3 Å². The van der Waals surface area contributed by atoms with Gasteiger partial charge >= 0.3 is 0 Å². The highest BCUT2D eigenvalue weighted by molar-refractivity contribution is 5.26. The molecule has 1 aliphatic heterocycles. The topological polar surface area (TPSA) is 29.3 Å². The van der Waals surface area contributed by atoms with E-state index in [1.165, 1.54) is 19.3 Å². The lowest BCUT2D eigenvalue weighted by molar-refractivity contribution is 0.203. The summed E-state index contributed by atoms with van der Waals surface area (Å²) in [6, 6.07) is 5.70. The highest BCUT2D eigenvalue weighted by atomic mass is 19.1. The van der Waals surface area contributed by atoms with Gasteiger partial charge in [-0.05, 0) is 68.3 Å². The molecule has 0 aliphatic carbocycles. The van der Waals surface area contributed by atoms with Gasteiger partial charge in [-0.15, -0.1) is 0 Å². The summed E-state index contributed by atoms with van der Waals surface area (Å²) in [7, 11) is 0. The van der Waals surface area contributed by atoms with Crippen LogP contribution in [0.5, 0.6) is 0 Å². The first kappa shape index (κ1) is 16.4. The van der Waals surface area contributed by atoms with Crippen LogP contribution in [0.2, 0.25) is 0 Å². The van der Waals surface area contributed by atoms with Crippen molar-refractivity contribution >= 4 is 0 Å². The summed E-state index contributed by atoms with van der Waals surface area (Å²) in [5.74, 6) is 1.43. The zero-order valence-corrected chi connectivity index (χ0v) is 13.6. The maximum Gasteiger partial charge on any atom is 0.126 e. The van der Waals surface area contributed by atoms with Crippen LogP contribution in [0.4, 0.5) is 4.39 Å². The van der Waals surface area contributed by atoms with Crippen LogP contribution in [0, 0.1) is 24.6 Å². The first-order chi connectivity index (χ1) is 10.0. The molecule has 1 saturated heterocycles. The Morgan fingerprint density at radius 3 is 2.67 bits per heavy atom. The normalized spacial score (nSPS) is 22.3. The number of benzene rings is 1. The molecule has 0 aromatic heterocycles. The quantitative estimate of drug-likeness (QED) is 0.912. The van der Waals surface area contributed by atoms with Gasteiger partial charge in [0, 0.05) is 12.6 Å². The second-order valence-corrected chi connectivity index (χ2v) is 6.73. The van der Waals surface area contributed by atoms with Crippen LogP contribution in [0.15, 0.2) is 18.2 Å². The predicted molar refractivity (Wildman–Crippen MR) is 86.7 cm³/mol. The maximum atomic E-state index is 13.8. The summed E-state index contributed by atoms with van der Waals surface area (Å²) in [6.07, 6.45) is 3.74. The molecule has 0 radical (unpaired) electrons. The Bertz CT molecular complexity index is 459. The zero-order valence-electron chi connectivity index (χ0n) is 13.6. The van der Waals surface area contributed by atoms with Crippen molar-refractivity contribution in [2.45, 2.75) is 46.1 Å². The fraction of sp³-hybridized carbons (Fsp3) is 0.667. The van der Waals surface area contributed by atoms with Crippen LogP contribution in [0.3, 0.4) is 0 Å². The van der Waals surface area contributed by atoms with Crippen LogP contribution in [0.25, 0.3) is 0 Å². The molecule has 2 N–H and O–H groups in total. The van der Waals surface area contributed by atoms with E-state index < -0.39 is 0 Å². The first-order valence-electron chi connectivity index (χ1n) is 8.23. The Morgan fingerprint density at radius 1 is 1.29 bits per heavy atom. The first-order valence-corrected chi connectivity index (χ1v) is 8.23. The van der Waals surface area contributed by atoms with E-state index in [-0.39, 0.29) is 11.9 Å². The Hall–Kier alpha value is -0.930. The maximum absolute atomic E-state index is 13.8. The number of likely N-dealkylation sites (tertiary alicyclic amines) is 1. The standard InChI is InChI=1S/C18H29FN2/c1-13(2)15-5-4-9-21(10-8-15)18(12-20)16-7-6-14(3)17(19)11-16/h6-7,11,13,15,18H,4-5,8-10,12,20H2,1-3H3. The molecule has 118 valence electrons. The minimum atomic E-state index is -0.124. The van der Waals surface area contributed by atoms with Crippen LogP contribution >= 0.6 is 0 Å². The van der Waals surface area contributed by atoms with Crippen molar-refractivity contribution in [2.75, 3.05) is 19.6 Å². The summed E-state index contributed by atoms with van der Waals surface area (Å²) in [6.45, 7) is 9.12. The van der Waals surface area contributed by atoms with Gasteiger partial charge in [-0.2, -0.15) is 0 Å². The highest BCUT2D eigenvalue weighted by Crippen LogP contribution is 2.29. The average Bonchev–Trinajstić information content (AvgIpc) is 2.70. The number of nitrogens with two attached hydrogens (primary N) is 1. The molecule has 1 aromatic carbocycles. The average molecular weight is 292 g/mol. The molecular weight excluding hydrogens is 263 g/mol. The molecule has 21 heavy (non-hydrogen) atoms. The Labute approximate surface area is 128 Å². The van der Waals surface area contributed by atoms with Gasteiger partial charge in [0.25, 0.3) is 0 Å². The van der Waals surface area contributed by atoms with E-state index in [9.17, 15) is 4.39 Å². The lowest BCUT2D eigenvalue weighted by Crippen LogP contribution is -2.34. The van der Waals surface area contributed by atoms with Gasteiger partial charge in [0.2, 0.25) is 0 Å². The summed E-state index contributed by atoms with van der Waals surface area (Å²) in [5, 5.41) is 0. The van der Waals surface area contributed by atoms with E-state index in [0.717, 1.165) is 30.5 Å². The number of hydrogen-bond acceptors (Lipinski definition) is 2. The summed E-state index contributed by atoms with van der Waals surface area (Å²) in [5.41, 5.74) is 7.72. The monoisotopic (exact) mass is 292 g/mol. The number of rotatable bonds is 4. The molecule has 0 saturated carbocycles.